The molecule has 0 amide bonds. The summed E-state index contributed by atoms with van der Waals surface area (Å²) in [6, 6.07) is 17.3. The number of aromatic carboxylic acids is 1. The summed E-state index contributed by atoms with van der Waals surface area (Å²) in [5, 5.41) is 10.1. The lowest BCUT2D eigenvalue weighted by molar-refractivity contribution is 0.0697. The van der Waals surface area contributed by atoms with E-state index in [0.717, 1.165) is 39.7 Å². The highest BCUT2D eigenvalue weighted by Crippen LogP contribution is 2.31. The van der Waals surface area contributed by atoms with Crippen molar-refractivity contribution in [3.8, 4) is 22.3 Å². The van der Waals surface area contributed by atoms with Gasteiger partial charge in [-0.15, -0.1) is 0 Å². The number of pyridine rings is 1. The minimum absolute atomic E-state index is 0.272. The Labute approximate surface area is 156 Å². The Morgan fingerprint density at radius 1 is 1.04 bits per heavy atom. The maximum atomic E-state index is 11.1. The SMILES string of the molecule is NCCc1cccc(-c2cnc3[nH]cc(-c4ccc(C(=O)O)cc4)c3c2)c1. The van der Waals surface area contributed by atoms with Crippen molar-refractivity contribution in [3.63, 3.8) is 0 Å². The molecule has 4 N–H and O–H groups in total. The quantitative estimate of drug-likeness (QED) is 0.501. The summed E-state index contributed by atoms with van der Waals surface area (Å²) in [5.41, 5.74) is 12.0. The third kappa shape index (κ3) is 3.32. The van der Waals surface area contributed by atoms with E-state index in [-0.39, 0.29) is 5.56 Å². The molecule has 2 aromatic heterocycles. The molecule has 0 saturated carbocycles. The van der Waals surface area contributed by atoms with Crippen molar-refractivity contribution in [1.29, 1.82) is 0 Å². The van der Waals surface area contributed by atoms with Crippen LogP contribution >= 0.6 is 0 Å². The summed E-state index contributed by atoms with van der Waals surface area (Å²) >= 11 is 0. The first-order valence-corrected chi connectivity index (χ1v) is 8.76. The molecule has 5 nitrogen and oxygen atoms in total. The van der Waals surface area contributed by atoms with Gasteiger partial charge in [-0.05, 0) is 47.9 Å². The highest BCUT2D eigenvalue weighted by molar-refractivity contribution is 5.96. The average Bonchev–Trinajstić information content (AvgIpc) is 3.12. The molecule has 0 fully saturated rings. The van der Waals surface area contributed by atoms with Gasteiger partial charge in [0.2, 0.25) is 0 Å². The van der Waals surface area contributed by atoms with Gasteiger partial charge in [-0.3, -0.25) is 0 Å². The zero-order valence-electron chi connectivity index (χ0n) is 14.6. The molecule has 27 heavy (non-hydrogen) atoms. The summed E-state index contributed by atoms with van der Waals surface area (Å²) in [7, 11) is 0. The molecule has 0 aliphatic heterocycles. The first kappa shape index (κ1) is 17.0. The number of aromatic nitrogens is 2. The van der Waals surface area contributed by atoms with Crippen LogP contribution < -0.4 is 5.73 Å². The second-order valence-corrected chi connectivity index (χ2v) is 6.44. The number of rotatable bonds is 5. The molecule has 4 rings (SSSR count). The summed E-state index contributed by atoms with van der Waals surface area (Å²) in [6.07, 6.45) is 4.61. The number of nitrogens with zero attached hydrogens (tertiary/aromatic N) is 1. The lowest BCUT2D eigenvalue weighted by atomic mass is 10.00. The maximum absolute atomic E-state index is 11.1. The van der Waals surface area contributed by atoms with Crippen molar-refractivity contribution < 1.29 is 9.90 Å². The van der Waals surface area contributed by atoms with Gasteiger partial charge in [-0.25, -0.2) is 9.78 Å². The molecule has 0 bridgehead atoms. The van der Waals surface area contributed by atoms with Crippen molar-refractivity contribution in [3.05, 3.63) is 78.1 Å². The van der Waals surface area contributed by atoms with Crippen molar-refractivity contribution in [1.82, 2.24) is 9.97 Å². The fraction of sp³-hybridized carbons (Fsp3) is 0.0909. The predicted molar refractivity (Wildman–Crippen MR) is 107 cm³/mol. The van der Waals surface area contributed by atoms with Gasteiger partial charge in [0, 0.05) is 28.9 Å². The van der Waals surface area contributed by atoms with Crippen LogP contribution in [0.3, 0.4) is 0 Å². The molecule has 0 spiro atoms. The number of fused-ring (bicyclic) bond motifs is 1. The smallest absolute Gasteiger partial charge is 0.335 e. The van der Waals surface area contributed by atoms with Gasteiger partial charge in [0.1, 0.15) is 5.65 Å². The van der Waals surface area contributed by atoms with E-state index in [1.54, 1.807) is 12.1 Å². The number of carbonyl (C=O) groups is 1. The molecule has 2 aromatic carbocycles. The monoisotopic (exact) mass is 357 g/mol. The number of carboxylic acid groups (broad SMARTS) is 1. The molecular formula is C22H19N3O2. The van der Waals surface area contributed by atoms with Crippen molar-refractivity contribution >= 4 is 17.0 Å². The lowest BCUT2D eigenvalue weighted by Gasteiger charge is -2.06. The molecule has 5 heteroatoms. The van der Waals surface area contributed by atoms with Crippen LogP contribution in [0, 0.1) is 0 Å². The van der Waals surface area contributed by atoms with E-state index in [0.29, 0.717) is 6.54 Å². The van der Waals surface area contributed by atoms with Crippen LogP contribution in [-0.2, 0) is 6.42 Å². The van der Waals surface area contributed by atoms with Crippen molar-refractivity contribution in [2.45, 2.75) is 6.42 Å². The van der Waals surface area contributed by atoms with Gasteiger partial charge >= 0.3 is 5.97 Å². The zero-order chi connectivity index (χ0) is 18.8. The predicted octanol–water partition coefficient (Wildman–Crippen LogP) is 4.10. The Morgan fingerprint density at radius 3 is 2.59 bits per heavy atom. The van der Waals surface area contributed by atoms with Crippen LogP contribution in [0.4, 0.5) is 0 Å². The van der Waals surface area contributed by atoms with Crippen molar-refractivity contribution in [2.24, 2.45) is 5.73 Å². The molecular weight excluding hydrogens is 338 g/mol. The Kier molecular flexibility index (Phi) is 4.44. The van der Waals surface area contributed by atoms with Crippen molar-refractivity contribution in [2.75, 3.05) is 6.54 Å². The van der Waals surface area contributed by atoms with E-state index < -0.39 is 5.97 Å². The molecule has 2 heterocycles. The number of hydrogen-bond acceptors (Lipinski definition) is 3. The topological polar surface area (TPSA) is 92.0 Å². The van der Waals surface area contributed by atoms with Gasteiger partial charge < -0.3 is 15.8 Å². The van der Waals surface area contributed by atoms with Gasteiger partial charge in [-0.1, -0.05) is 36.4 Å². The summed E-state index contributed by atoms with van der Waals surface area (Å²) in [4.78, 5) is 18.8. The Morgan fingerprint density at radius 2 is 1.85 bits per heavy atom. The lowest BCUT2D eigenvalue weighted by Crippen LogP contribution is -2.02. The normalized spacial score (nSPS) is 11.0. The maximum Gasteiger partial charge on any atom is 0.335 e. The highest BCUT2D eigenvalue weighted by Gasteiger charge is 2.10. The number of hydrogen-bond donors (Lipinski definition) is 3. The van der Waals surface area contributed by atoms with E-state index in [4.69, 9.17) is 10.8 Å². The molecule has 0 unspecified atom stereocenters. The van der Waals surface area contributed by atoms with Gasteiger partial charge in [0.15, 0.2) is 0 Å². The number of nitrogens with two attached hydrogens (primary N) is 1. The van der Waals surface area contributed by atoms with E-state index in [1.807, 2.05) is 30.6 Å². The number of benzene rings is 2. The summed E-state index contributed by atoms with van der Waals surface area (Å²) < 4.78 is 0. The van der Waals surface area contributed by atoms with Crippen LogP contribution in [0.15, 0.2) is 67.0 Å². The largest absolute Gasteiger partial charge is 0.478 e. The first-order chi connectivity index (χ1) is 13.2. The Balaban J connectivity index is 1.77. The van der Waals surface area contributed by atoms with Crippen LogP contribution in [0.25, 0.3) is 33.3 Å². The van der Waals surface area contributed by atoms with Crippen LogP contribution in [0.2, 0.25) is 0 Å². The van der Waals surface area contributed by atoms with Crippen LogP contribution in [0.1, 0.15) is 15.9 Å². The fourth-order valence-corrected chi connectivity index (χ4v) is 3.27. The zero-order valence-corrected chi connectivity index (χ0v) is 14.6. The first-order valence-electron chi connectivity index (χ1n) is 8.76. The number of H-pyrrole nitrogens is 1. The molecule has 0 atom stereocenters. The standard InChI is InChI=1S/C22H19N3O2/c23-9-8-14-2-1-3-17(10-14)18-11-19-20(13-25-21(19)24-12-18)15-4-6-16(7-5-15)22(26)27/h1-7,10-13H,8-9,23H2,(H,24,25)(H,26,27). The highest BCUT2D eigenvalue weighted by atomic mass is 16.4. The van der Waals surface area contributed by atoms with E-state index in [1.165, 1.54) is 5.56 Å². The molecule has 0 aliphatic carbocycles. The second kappa shape index (κ2) is 7.05. The number of nitrogens with one attached hydrogen (secondary N) is 1. The summed E-state index contributed by atoms with van der Waals surface area (Å²) in [5.74, 6) is -0.929. The molecule has 0 radical (unpaired) electrons. The van der Waals surface area contributed by atoms with E-state index in [9.17, 15) is 4.79 Å². The molecule has 0 aliphatic rings. The van der Waals surface area contributed by atoms with Gasteiger partial charge in [0.25, 0.3) is 0 Å². The molecule has 0 saturated heterocycles. The minimum Gasteiger partial charge on any atom is -0.478 e. The minimum atomic E-state index is -0.929. The van der Waals surface area contributed by atoms with E-state index >= 15 is 0 Å². The summed E-state index contributed by atoms with van der Waals surface area (Å²) in [6.45, 7) is 0.620. The van der Waals surface area contributed by atoms with Gasteiger partial charge in [0.05, 0.1) is 5.56 Å². The third-order valence-electron chi connectivity index (χ3n) is 4.67. The molecule has 134 valence electrons. The number of aromatic amines is 1. The average molecular weight is 357 g/mol. The van der Waals surface area contributed by atoms with Crippen LogP contribution in [0.5, 0.6) is 0 Å². The fourth-order valence-electron chi connectivity index (χ4n) is 3.27. The third-order valence-corrected chi connectivity index (χ3v) is 4.67. The van der Waals surface area contributed by atoms with Gasteiger partial charge in [-0.2, -0.15) is 0 Å². The number of carboxylic acids is 1. The Bertz CT molecular complexity index is 1110. The van der Waals surface area contributed by atoms with Crippen LogP contribution in [-0.4, -0.2) is 27.6 Å². The second-order valence-electron chi connectivity index (χ2n) is 6.44. The Hall–Kier alpha value is -3.44. The molecule has 4 aromatic rings. The van der Waals surface area contributed by atoms with E-state index in [2.05, 4.69) is 34.2 Å².